The average Bonchev–Trinajstić information content (AvgIpc) is 3.13. The van der Waals surface area contributed by atoms with Gasteiger partial charge >= 0.3 is 5.97 Å². The van der Waals surface area contributed by atoms with Crippen LogP contribution in [0.2, 0.25) is 0 Å². The summed E-state index contributed by atoms with van der Waals surface area (Å²) in [7, 11) is 0. The Morgan fingerprint density at radius 1 is 1.11 bits per heavy atom. The lowest BCUT2D eigenvalue weighted by molar-refractivity contribution is -0.145. The normalized spacial score (nSPS) is 11.9. The number of hydrogen-bond acceptors (Lipinski definition) is 6. The monoisotopic (exact) mass is 394 g/mol. The second kappa shape index (κ2) is 8.44. The first-order valence-electron chi connectivity index (χ1n) is 9.02. The van der Waals surface area contributed by atoms with Gasteiger partial charge in [-0.1, -0.05) is 12.1 Å². The Hall–Kier alpha value is -2.86. The molecule has 0 saturated heterocycles. The summed E-state index contributed by atoms with van der Waals surface area (Å²) in [5, 5.41) is 2.56. The van der Waals surface area contributed by atoms with Crippen molar-refractivity contribution in [1.29, 1.82) is 0 Å². The Labute approximate surface area is 168 Å². The van der Waals surface area contributed by atoms with Crippen LogP contribution in [0, 0.1) is 20.8 Å². The van der Waals surface area contributed by atoms with Crippen molar-refractivity contribution in [3.8, 4) is 10.7 Å². The Kier molecular flexibility index (Phi) is 5.99. The molecular weight excluding hydrogens is 372 g/mol. The minimum absolute atomic E-state index is 0.0207. The minimum atomic E-state index is -0.845. The van der Waals surface area contributed by atoms with Gasteiger partial charge in [-0.05, 0) is 62.6 Å². The zero-order valence-electron chi connectivity index (χ0n) is 16.4. The molecule has 28 heavy (non-hydrogen) atoms. The average molecular weight is 394 g/mol. The molecule has 0 saturated carbocycles. The van der Waals surface area contributed by atoms with Crippen LogP contribution in [0.5, 0.6) is 0 Å². The number of rotatable bonds is 6. The highest BCUT2D eigenvalue weighted by molar-refractivity contribution is 7.13. The van der Waals surface area contributed by atoms with Gasteiger partial charge in [-0.2, -0.15) is 0 Å². The van der Waals surface area contributed by atoms with E-state index in [4.69, 9.17) is 4.74 Å². The summed E-state index contributed by atoms with van der Waals surface area (Å²) in [4.78, 5) is 33.7. The molecule has 1 unspecified atom stereocenters. The second-order valence-electron chi connectivity index (χ2n) is 6.78. The third kappa shape index (κ3) is 4.51. The molecule has 1 atom stereocenters. The number of carbonyl (C=O) groups excluding carboxylic acids is 2. The van der Waals surface area contributed by atoms with Gasteiger partial charge in [-0.15, -0.1) is 11.3 Å². The number of ketones is 1. The van der Waals surface area contributed by atoms with Crippen LogP contribution in [-0.4, -0.2) is 27.8 Å². The first-order valence-corrected chi connectivity index (χ1v) is 9.90. The van der Waals surface area contributed by atoms with Crippen LogP contribution < -0.4 is 0 Å². The number of Topliss-reactive ketones (excluding diaryl/α,β-unsaturated/α-hetero) is 1. The molecule has 5 nitrogen and oxygen atoms in total. The summed E-state index contributed by atoms with van der Waals surface area (Å²) in [6, 6.07) is 9.43. The van der Waals surface area contributed by atoms with Crippen molar-refractivity contribution in [3.05, 3.63) is 69.9 Å². The fourth-order valence-electron chi connectivity index (χ4n) is 2.88. The fourth-order valence-corrected chi connectivity index (χ4v) is 3.68. The fraction of sp³-hybridized carbons (Fsp3) is 0.273. The predicted octanol–water partition coefficient (Wildman–Crippen LogP) is 4.49. The first kappa shape index (κ1) is 19.9. The number of aromatic nitrogens is 2. The van der Waals surface area contributed by atoms with E-state index in [2.05, 4.69) is 9.97 Å². The van der Waals surface area contributed by atoms with E-state index in [1.807, 2.05) is 56.5 Å². The van der Waals surface area contributed by atoms with Crippen molar-refractivity contribution >= 4 is 23.1 Å². The molecule has 144 valence electrons. The van der Waals surface area contributed by atoms with Gasteiger partial charge in [0.25, 0.3) is 0 Å². The quantitative estimate of drug-likeness (QED) is 0.455. The van der Waals surface area contributed by atoms with E-state index in [1.54, 1.807) is 13.1 Å². The lowest BCUT2D eigenvalue weighted by Crippen LogP contribution is -2.26. The van der Waals surface area contributed by atoms with Crippen molar-refractivity contribution in [2.45, 2.75) is 40.2 Å². The number of aryl methyl sites for hydroxylation is 3. The third-order valence-electron chi connectivity index (χ3n) is 4.54. The molecule has 0 spiro atoms. The number of nitrogens with zero attached hydrogens (tertiary/aromatic N) is 2. The van der Waals surface area contributed by atoms with Crippen LogP contribution in [-0.2, 0) is 16.0 Å². The summed E-state index contributed by atoms with van der Waals surface area (Å²) in [5.74, 6) is -0.665. The van der Waals surface area contributed by atoms with Crippen molar-refractivity contribution < 1.29 is 14.3 Å². The number of benzene rings is 1. The Balaban J connectivity index is 1.64. The van der Waals surface area contributed by atoms with E-state index in [-0.39, 0.29) is 12.2 Å². The standard InChI is InChI=1S/C22H22N2O3S/c1-13-9-15(3)18(10-14(13)2)21(26)16(4)27-20(25)11-17-12-28-22(24-17)19-7-5-6-8-23-19/h5-10,12,16H,11H2,1-4H3. The van der Waals surface area contributed by atoms with Gasteiger partial charge in [-0.25, -0.2) is 4.98 Å². The van der Waals surface area contributed by atoms with E-state index in [0.717, 1.165) is 27.4 Å². The molecule has 2 heterocycles. The highest BCUT2D eigenvalue weighted by Crippen LogP contribution is 2.22. The van der Waals surface area contributed by atoms with E-state index in [1.165, 1.54) is 11.3 Å². The van der Waals surface area contributed by atoms with E-state index in [0.29, 0.717) is 11.3 Å². The maximum Gasteiger partial charge on any atom is 0.312 e. The molecular formula is C22H22N2O3S. The van der Waals surface area contributed by atoms with Gasteiger partial charge in [0.05, 0.1) is 17.8 Å². The van der Waals surface area contributed by atoms with Crippen LogP contribution in [0.1, 0.15) is 39.7 Å². The zero-order chi connectivity index (χ0) is 20.3. The molecule has 0 amide bonds. The second-order valence-corrected chi connectivity index (χ2v) is 7.64. The molecule has 0 bridgehead atoms. The molecule has 6 heteroatoms. The van der Waals surface area contributed by atoms with E-state index < -0.39 is 12.1 Å². The lowest BCUT2D eigenvalue weighted by Gasteiger charge is -2.15. The molecule has 0 aliphatic carbocycles. The maximum atomic E-state index is 12.7. The zero-order valence-corrected chi connectivity index (χ0v) is 17.2. The number of hydrogen-bond donors (Lipinski definition) is 0. The molecule has 0 radical (unpaired) electrons. The largest absolute Gasteiger partial charge is 0.454 e. The van der Waals surface area contributed by atoms with Crippen molar-refractivity contribution in [2.75, 3.05) is 0 Å². The SMILES string of the molecule is Cc1cc(C)c(C(=O)C(C)OC(=O)Cc2csc(-c3ccccn3)n2)cc1C. The summed E-state index contributed by atoms with van der Waals surface area (Å²) in [5.41, 5.74) is 5.02. The Morgan fingerprint density at radius 2 is 1.86 bits per heavy atom. The molecule has 0 N–H and O–H groups in total. The van der Waals surface area contributed by atoms with E-state index >= 15 is 0 Å². The van der Waals surface area contributed by atoms with E-state index in [9.17, 15) is 9.59 Å². The summed E-state index contributed by atoms with van der Waals surface area (Å²) in [6.07, 6.45) is 0.877. The van der Waals surface area contributed by atoms with Crippen molar-refractivity contribution in [3.63, 3.8) is 0 Å². The molecule has 0 aliphatic rings. The third-order valence-corrected chi connectivity index (χ3v) is 5.46. The number of carbonyl (C=O) groups is 2. The minimum Gasteiger partial charge on any atom is -0.454 e. The number of ether oxygens (including phenoxy) is 1. The van der Waals surface area contributed by atoms with Crippen molar-refractivity contribution in [2.24, 2.45) is 0 Å². The van der Waals surface area contributed by atoms with Crippen LogP contribution in [0.4, 0.5) is 0 Å². The summed E-state index contributed by atoms with van der Waals surface area (Å²) >= 11 is 1.42. The molecule has 2 aromatic heterocycles. The highest BCUT2D eigenvalue weighted by atomic mass is 32.1. The molecule has 0 aliphatic heterocycles. The number of thiazole rings is 1. The number of pyridine rings is 1. The van der Waals surface area contributed by atoms with Gasteiger partial charge in [0, 0.05) is 17.1 Å². The molecule has 3 rings (SSSR count). The predicted molar refractivity (Wildman–Crippen MR) is 110 cm³/mol. The Morgan fingerprint density at radius 3 is 2.57 bits per heavy atom. The lowest BCUT2D eigenvalue weighted by atomic mass is 9.96. The maximum absolute atomic E-state index is 12.7. The van der Waals surface area contributed by atoms with Gasteiger partial charge in [-0.3, -0.25) is 14.6 Å². The summed E-state index contributed by atoms with van der Waals surface area (Å²) < 4.78 is 5.37. The Bertz CT molecular complexity index is 1010. The molecule has 0 fully saturated rings. The van der Waals surface area contributed by atoms with Gasteiger partial charge in [0.1, 0.15) is 5.01 Å². The van der Waals surface area contributed by atoms with Gasteiger partial charge < -0.3 is 4.74 Å². The van der Waals surface area contributed by atoms with Gasteiger partial charge in [0.15, 0.2) is 6.10 Å². The topological polar surface area (TPSA) is 69.2 Å². The van der Waals surface area contributed by atoms with Crippen molar-refractivity contribution in [1.82, 2.24) is 9.97 Å². The van der Waals surface area contributed by atoms with Crippen LogP contribution in [0.15, 0.2) is 41.9 Å². The molecule has 1 aromatic carbocycles. The van der Waals surface area contributed by atoms with Crippen LogP contribution in [0.3, 0.4) is 0 Å². The highest BCUT2D eigenvalue weighted by Gasteiger charge is 2.22. The molecule has 3 aromatic rings. The number of esters is 1. The van der Waals surface area contributed by atoms with Crippen LogP contribution >= 0.6 is 11.3 Å². The van der Waals surface area contributed by atoms with Gasteiger partial charge in [0.2, 0.25) is 5.78 Å². The first-order chi connectivity index (χ1) is 13.3. The van der Waals surface area contributed by atoms with Crippen LogP contribution in [0.25, 0.3) is 10.7 Å². The summed E-state index contributed by atoms with van der Waals surface area (Å²) in [6.45, 7) is 7.47. The smallest absolute Gasteiger partial charge is 0.312 e.